The summed E-state index contributed by atoms with van der Waals surface area (Å²) in [6.07, 6.45) is 2.60. The molecule has 2 heterocycles. The van der Waals surface area contributed by atoms with Crippen molar-refractivity contribution in [2.75, 3.05) is 44.2 Å². The van der Waals surface area contributed by atoms with E-state index in [1.165, 1.54) is 31.6 Å². The van der Waals surface area contributed by atoms with Gasteiger partial charge in [-0.25, -0.2) is 0 Å². The van der Waals surface area contributed by atoms with Crippen LogP contribution in [0, 0.1) is 0 Å². The van der Waals surface area contributed by atoms with Crippen LogP contribution >= 0.6 is 11.6 Å². The maximum atomic E-state index is 6.28. The van der Waals surface area contributed by atoms with Crippen molar-refractivity contribution in [3.8, 4) is 0 Å². The standard InChI is InChI=1S/C15H22ClN3/c16-14-3-1-2-4-15(14)19-11-9-18(10-12-19)13-5-7-17-8-6-13/h1-4,13,17H,5-12H2. The van der Waals surface area contributed by atoms with Gasteiger partial charge in [-0.2, -0.15) is 0 Å². The van der Waals surface area contributed by atoms with Crippen LogP contribution in [0.4, 0.5) is 5.69 Å². The minimum absolute atomic E-state index is 0.787. The predicted octanol–water partition coefficient (Wildman–Crippen LogP) is 2.21. The molecular weight excluding hydrogens is 258 g/mol. The van der Waals surface area contributed by atoms with Crippen LogP contribution in [-0.4, -0.2) is 50.2 Å². The number of rotatable bonds is 2. The topological polar surface area (TPSA) is 18.5 Å². The molecule has 2 aliphatic rings. The van der Waals surface area contributed by atoms with E-state index >= 15 is 0 Å². The first-order valence-corrected chi connectivity index (χ1v) is 7.66. The molecule has 0 atom stereocenters. The van der Waals surface area contributed by atoms with Gasteiger partial charge in [0, 0.05) is 32.2 Å². The summed E-state index contributed by atoms with van der Waals surface area (Å²) in [5.41, 5.74) is 1.19. The van der Waals surface area contributed by atoms with Crippen LogP contribution in [0.25, 0.3) is 0 Å². The molecule has 1 N–H and O–H groups in total. The number of para-hydroxylation sites is 1. The lowest BCUT2D eigenvalue weighted by Crippen LogP contribution is -2.52. The van der Waals surface area contributed by atoms with Gasteiger partial charge in [-0.05, 0) is 38.1 Å². The first kappa shape index (κ1) is 13.2. The third-order valence-corrected chi connectivity index (χ3v) is 4.65. The van der Waals surface area contributed by atoms with Gasteiger partial charge < -0.3 is 10.2 Å². The fourth-order valence-electron chi connectivity index (χ4n) is 3.21. The molecule has 0 radical (unpaired) electrons. The van der Waals surface area contributed by atoms with E-state index in [2.05, 4.69) is 27.2 Å². The number of nitrogens with zero attached hydrogens (tertiary/aromatic N) is 2. The van der Waals surface area contributed by atoms with E-state index in [9.17, 15) is 0 Å². The van der Waals surface area contributed by atoms with Crippen molar-refractivity contribution < 1.29 is 0 Å². The largest absolute Gasteiger partial charge is 0.368 e. The Kier molecular flexibility index (Phi) is 4.26. The molecule has 2 saturated heterocycles. The maximum Gasteiger partial charge on any atom is 0.0639 e. The first-order valence-electron chi connectivity index (χ1n) is 7.29. The van der Waals surface area contributed by atoms with E-state index in [4.69, 9.17) is 11.6 Å². The van der Waals surface area contributed by atoms with Crippen molar-refractivity contribution in [3.63, 3.8) is 0 Å². The maximum absolute atomic E-state index is 6.28. The molecule has 0 saturated carbocycles. The zero-order chi connectivity index (χ0) is 13.1. The van der Waals surface area contributed by atoms with E-state index in [1.807, 2.05) is 12.1 Å². The highest BCUT2D eigenvalue weighted by atomic mass is 35.5. The monoisotopic (exact) mass is 279 g/mol. The summed E-state index contributed by atoms with van der Waals surface area (Å²) in [5, 5.41) is 4.31. The Labute approximate surface area is 120 Å². The van der Waals surface area contributed by atoms with Crippen molar-refractivity contribution in [2.24, 2.45) is 0 Å². The lowest BCUT2D eigenvalue weighted by atomic mass is 10.0. The molecule has 19 heavy (non-hydrogen) atoms. The zero-order valence-electron chi connectivity index (χ0n) is 11.3. The molecule has 0 amide bonds. The van der Waals surface area contributed by atoms with E-state index in [-0.39, 0.29) is 0 Å². The van der Waals surface area contributed by atoms with E-state index in [0.717, 1.165) is 37.2 Å². The molecule has 4 heteroatoms. The van der Waals surface area contributed by atoms with Crippen LogP contribution in [0.1, 0.15) is 12.8 Å². The summed E-state index contributed by atoms with van der Waals surface area (Å²) in [6, 6.07) is 8.96. The molecule has 0 aromatic heterocycles. The van der Waals surface area contributed by atoms with E-state index in [0.29, 0.717) is 0 Å². The van der Waals surface area contributed by atoms with Crippen LogP contribution in [-0.2, 0) is 0 Å². The summed E-state index contributed by atoms with van der Waals surface area (Å²) in [4.78, 5) is 5.08. The lowest BCUT2D eigenvalue weighted by molar-refractivity contribution is 0.153. The Morgan fingerprint density at radius 3 is 2.37 bits per heavy atom. The average molecular weight is 280 g/mol. The van der Waals surface area contributed by atoms with Crippen molar-refractivity contribution in [1.82, 2.24) is 10.2 Å². The highest BCUT2D eigenvalue weighted by Crippen LogP contribution is 2.26. The number of piperidine rings is 1. The second-order valence-electron chi connectivity index (χ2n) is 5.46. The molecule has 104 valence electrons. The number of benzene rings is 1. The number of hydrogen-bond donors (Lipinski definition) is 1. The number of anilines is 1. The second-order valence-corrected chi connectivity index (χ2v) is 5.86. The average Bonchev–Trinajstić information content (AvgIpc) is 2.49. The fraction of sp³-hybridized carbons (Fsp3) is 0.600. The Hall–Kier alpha value is -0.770. The summed E-state index contributed by atoms with van der Waals surface area (Å²) in [6.45, 7) is 6.86. The third-order valence-electron chi connectivity index (χ3n) is 4.33. The summed E-state index contributed by atoms with van der Waals surface area (Å²) >= 11 is 6.28. The third kappa shape index (κ3) is 3.04. The Balaban J connectivity index is 1.58. The normalized spacial score (nSPS) is 22.7. The summed E-state index contributed by atoms with van der Waals surface area (Å²) in [5.74, 6) is 0. The van der Waals surface area contributed by atoms with Crippen LogP contribution in [0.15, 0.2) is 24.3 Å². The fourth-order valence-corrected chi connectivity index (χ4v) is 3.46. The Morgan fingerprint density at radius 1 is 1.00 bits per heavy atom. The highest BCUT2D eigenvalue weighted by molar-refractivity contribution is 6.33. The van der Waals surface area contributed by atoms with Gasteiger partial charge >= 0.3 is 0 Å². The molecule has 2 aliphatic heterocycles. The van der Waals surface area contributed by atoms with Gasteiger partial charge in [0.15, 0.2) is 0 Å². The molecule has 2 fully saturated rings. The van der Waals surface area contributed by atoms with Crippen molar-refractivity contribution in [1.29, 1.82) is 0 Å². The number of hydrogen-bond acceptors (Lipinski definition) is 3. The number of nitrogens with one attached hydrogen (secondary N) is 1. The molecule has 1 aromatic carbocycles. The molecule has 1 aromatic rings. The van der Waals surface area contributed by atoms with Gasteiger partial charge in [-0.15, -0.1) is 0 Å². The molecule has 3 nitrogen and oxygen atoms in total. The minimum atomic E-state index is 0.787. The van der Waals surface area contributed by atoms with Crippen LogP contribution in [0.3, 0.4) is 0 Å². The van der Waals surface area contributed by atoms with Crippen LogP contribution in [0.2, 0.25) is 5.02 Å². The number of piperazine rings is 1. The van der Waals surface area contributed by atoms with E-state index in [1.54, 1.807) is 0 Å². The molecule has 0 aliphatic carbocycles. The zero-order valence-corrected chi connectivity index (χ0v) is 12.1. The number of halogens is 1. The van der Waals surface area contributed by atoms with E-state index < -0.39 is 0 Å². The van der Waals surface area contributed by atoms with Gasteiger partial charge in [0.1, 0.15) is 0 Å². The molecule has 0 spiro atoms. The van der Waals surface area contributed by atoms with Crippen molar-refractivity contribution in [3.05, 3.63) is 29.3 Å². The Bertz CT molecular complexity index is 410. The molecule has 0 bridgehead atoms. The van der Waals surface area contributed by atoms with Crippen LogP contribution in [0.5, 0.6) is 0 Å². The highest BCUT2D eigenvalue weighted by Gasteiger charge is 2.25. The van der Waals surface area contributed by atoms with Crippen molar-refractivity contribution >= 4 is 17.3 Å². The molecule has 0 unspecified atom stereocenters. The Morgan fingerprint density at radius 2 is 1.68 bits per heavy atom. The van der Waals surface area contributed by atoms with Crippen molar-refractivity contribution in [2.45, 2.75) is 18.9 Å². The van der Waals surface area contributed by atoms with Gasteiger partial charge in [0.2, 0.25) is 0 Å². The second kappa shape index (κ2) is 6.12. The summed E-state index contributed by atoms with van der Waals surface area (Å²) < 4.78 is 0. The summed E-state index contributed by atoms with van der Waals surface area (Å²) in [7, 11) is 0. The SMILES string of the molecule is Clc1ccccc1N1CCN(C2CCNCC2)CC1. The first-order chi connectivity index (χ1) is 9.34. The molecule has 3 rings (SSSR count). The van der Waals surface area contributed by atoms with Gasteiger partial charge in [0.25, 0.3) is 0 Å². The minimum Gasteiger partial charge on any atom is -0.368 e. The van der Waals surface area contributed by atoms with Gasteiger partial charge in [0.05, 0.1) is 10.7 Å². The quantitative estimate of drug-likeness (QED) is 0.896. The lowest BCUT2D eigenvalue weighted by Gasteiger charge is -2.41. The van der Waals surface area contributed by atoms with Gasteiger partial charge in [-0.1, -0.05) is 23.7 Å². The predicted molar refractivity (Wildman–Crippen MR) is 81.1 cm³/mol. The van der Waals surface area contributed by atoms with Crippen LogP contribution < -0.4 is 10.2 Å². The molecular formula is C15H22ClN3. The smallest absolute Gasteiger partial charge is 0.0639 e. The van der Waals surface area contributed by atoms with Gasteiger partial charge in [-0.3, -0.25) is 4.90 Å².